The molecule has 2 saturated heterocycles. The van der Waals surface area contributed by atoms with Gasteiger partial charge in [0.15, 0.2) is 0 Å². The fourth-order valence-corrected chi connectivity index (χ4v) is 2.92. The number of morpholine rings is 1. The minimum Gasteiger partial charge on any atom is -0.379 e. The van der Waals surface area contributed by atoms with Crippen LogP contribution in [0.1, 0.15) is 26.2 Å². The molecule has 0 aromatic carbocycles. The maximum atomic E-state index is 11.9. The van der Waals surface area contributed by atoms with E-state index in [1.807, 2.05) is 11.8 Å². The van der Waals surface area contributed by atoms with Crippen LogP contribution < -0.4 is 5.73 Å². The summed E-state index contributed by atoms with van der Waals surface area (Å²) in [6.45, 7) is 8.72. The van der Waals surface area contributed by atoms with Crippen LogP contribution in [0.3, 0.4) is 0 Å². The monoisotopic (exact) mass is 269 g/mol. The molecule has 0 spiro atoms. The SMILES string of the molecule is CC(N)CC(=O)N1CCC(CN2CCOCC2)CC1. The van der Waals surface area contributed by atoms with Crippen molar-refractivity contribution in [3.8, 4) is 0 Å². The summed E-state index contributed by atoms with van der Waals surface area (Å²) in [6, 6.07) is -0.0291. The number of nitrogens with two attached hydrogens (primary N) is 1. The third-order valence-corrected chi connectivity index (χ3v) is 4.08. The molecule has 0 saturated carbocycles. The number of amides is 1. The van der Waals surface area contributed by atoms with Crippen molar-refractivity contribution in [1.82, 2.24) is 9.80 Å². The Balaban J connectivity index is 1.68. The fraction of sp³-hybridized carbons (Fsp3) is 0.929. The Hall–Kier alpha value is -0.650. The van der Waals surface area contributed by atoms with Crippen LogP contribution in [0, 0.1) is 5.92 Å². The highest BCUT2D eigenvalue weighted by atomic mass is 16.5. The number of piperidine rings is 1. The first-order valence-corrected chi connectivity index (χ1v) is 7.48. The third kappa shape index (κ3) is 4.75. The second-order valence-corrected chi connectivity index (χ2v) is 5.92. The quantitative estimate of drug-likeness (QED) is 0.797. The van der Waals surface area contributed by atoms with Crippen LogP contribution in [0.15, 0.2) is 0 Å². The molecule has 5 nitrogen and oxygen atoms in total. The Morgan fingerprint density at radius 3 is 2.47 bits per heavy atom. The summed E-state index contributed by atoms with van der Waals surface area (Å²) in [6.07, 6.45) is 2.73. The van der Waals surface area contributed by atoms with E-state index >= 15 is 0 Å². The number of carbonyl (C=O) groups excluding carboxylic acids is 1. The maximum absolute atomic E-state index is 11.9. The van der Waals surface area contributed by atoms with Crippen LogP contribution in [0.5, 0.6) is 0 Å². The molecule has 5 heteroatoms. The summed E-state index contributed by atoms with van der Waals surface area (Å²) in [5, 5.41) is 0. The first-order chi connectivity index (χ1) is 9.15. The van der Waals surface area contributed by atoms with E-state index in [0.717, 1.165) is 58.2 Å². The Morgan fingerprint density at radius 2 is 1.89 bits per heavy atom. The molecule has 1 amide bonds. The predicted octanol–water partition coefficient (Wildman–Crippen LogP) is 0.295. The molecule has 2 aliphatic heterocycles. The zero-order valence-electron chi connectivity index (χ0n) is 12.0. The minimum absolute atomic E-state index is 0.0291. The number of likely N-dealkylation sites (tertiary alicyclic amines) is 1. The lowest BCUT2D eigenvalue weighted by molar-refractivity contribution is -0.133. The standard InChI is InChI=1S/C14H27N3O2/c1-12(15)10-14(18)17-4-2-13(3-5-17)11-16-6-8-19-9-7-16/h12-13H,2-11,15H2,1H3. The number of hydrogen-bond acceptors (Lipinski definition) is 4. The van der Waals surface area contributed by atoms with Gasteiger partial charge in [0.2, 0.25) is 5.91 Å². The van der Waals surface area contributed by atoms with E-state index in [0.29, 0.717) is 6.42 Å². The normalized spacial score (nSPS) is 24.4. The van der Waals surface area contributed by atoms with Gasteiger partial charge in [0.1, 0.15) is 0 Å². The van der Waals surface area contributed by atoms with Crippen LogP contribution in [-0.2, 0) is 9.53 Å². The molecule has 2 heterocycles. The molecule has 2 rings (SSSR count). The van der Waals surface area contributed by atoms with Crippen molar-refractivity contribution in [3.63, 3.8) is 0 Å². The van der Waals surface area contributed by atoms with Crippen LogP contribution >= 0.6 is 0 Å². The fourth-order valence-electron chi connectivity index (χ4n) is 2.92. The van der Waals surface area contributed by atoms with Crippen molar-refractivity contribution in [2.75, 3.05) is 45.9 Å². The third-order valence-electron chi connectivity index (χ3n) is 4.08. The lowest BCUT2D eigenvalue weighted by Crippen LogP contribution is -2.45. The van der Waals surface area contributed by atoms with Crippen LogP contribution in [0.4, 0.5) is 0 Å². The molecule has 19 heavy (non-hydrogen) atoms. The summed E-state index contributed by atoms with van der Waals surface area (Å²) in [4.78, 5) is 16.4. The minimum atomic E-state index is -0.0291. The molecule has 1 atom stereocenters. The van der Waals surface area contributed by atoms with Gasteiger partial charge >= 0.3 is 0 Å². The first kappa shape index (κ1) is 14.8. The van der Waals surface area contributed by atoms with E-state index in [9.17, 15) is 4.79 Å². The van der Waals surface area contributed by atoms with Crippen molar-refractivity contribution in [2.45, 2.75) is 32.2 Å². The lowest BCUT2D eigenvalue weighted by atomic mass is 9.95. The van der Waals surface area contributed by atoms with Crippen LogP contribution in [0.2, 0.25) is 0 Å². The van der Waals surface area contributed by atoms with Gasteiger partial charge < -0.3 is 15.4 Å². The predicted molar refractivity (Wildman–Crippen MR) is 74.8 cm³/mol. The Bertz CT molecular complexity index is 282. The summed E-state index contributed by atoms with van der Waals surface area (Å²) < 4.78 is 5.37. The average molecular weight is 269 g/mol. The molecule has 0 aromatic rings. The summed E-state index contributed by atoms with van der Waals surface area (Å²) >= 11 is 0. The zero-order chi connectivity index (χ0) is 13.7. The number of ether oxygens (including phenoxy) is 1. The van der Waals surface area contributed by atoms with Crippen molar-refractivity contribution in [2.24, 2.45) is 11.7 Å². The van der Waals surface area contributed by atoms with E-state index in [4.69, 9.17) is 10.5 Å². The van der Waals surface area contributed by atoms with Crippen molar-refractivity contribution in [3.05, 3.63) is 0 Å². The van der Waals surface area contributed by atoms with Crippen molar-refractivity contribution >= 4 is 5.91 Å². The van der Waals surface area contributed by atoms with Gasteiger partial charge in [-0.15, -0.1) is 0 Å². The number of nitrogens with zero attached hydrogens (tertiary/aromatic N) is 2. The second kappa shape index (κ2) is 7.22. The highest BCUT2D eigenvalue weighted by molar-refractivity contribution is 5.76. The first-order valence-electron chi connectivity index (χ1n) is 7.48. The van der Waals surface area contributed by atoms with Gasteiger partial charge in [-0.3, -0.25) is 9.69 Å². The average Bonchev–Trinajstić information content (AvgIpc) is 2.40. The number of carbonyl (C=O) groups is 1. The molecule has 0 radical (unpaired) electrons. The van der Waals surface area contributed by atoms with Crippen molar-refractivity contribution < 1.29 is 9.53 Å². The molecule has 0 aromatic heterocycles. The topological polar surface area (TPSA) is 58.8 Å². The lowest BCUT2D eigenvalue weighted by Gasteiger charge is -2.36. The second-order valence-electron chi connectivity index (χ2n) is 5.92. The van der Waals surface area contributed by atoms with E-state index in [1.54, 1.807) is 0 Å². The van der Waals surface area contributed by atoms with E-state index in [-0.39, 0.29) is 11.9 Å². The highest BCUT2D eigenvalue weighted by Gasteiger charge is 2.25. The van der Waals surface area contributed by atoms with Gasteiger partial charge in [-0.25, -0.2) is 0 Å². The Kier molecular flexibility index (Phi) is 5.60. The van der Waals surface area contributed by atoms with Gasteiger partial charge in [0.05, 0.1) is 13.2 Å². The van der Waals surface area contributed by atoms with Gasteiger partial charge in [-0.2, -0.15) is 0 Å². The molecule has 0 bridgehead atoms. The zero-order valence-corrected chi connectivity index (χ0v) is 12.0. The van der Waals surface area contributed by atoms with Crippen LogP contribution in [0.25, 0.3) is 0 Å². The number of hydrogen-bond donors (Lipinski definition) is 1. The largest absolute Gasteiger partial charge is 0.379 e. The van der Waals surface area contributed by atoms with Crippen molar-refractivity contribution in [1.29, 1.82) is 0 Å². The number of rotatable bonds is 4. The molecule has 0 aliphatic carbocycles. The van der Waals surface area contributed by atoms with Crippen LogP contribution in [-0.4, -0.2) is 67.7 Å². The highest BCUT2D eigenvalue weighted by Crippen LogP contribution is 2.19. The summed E-state index contributed by atoms with van der Waals surface area (Å²) in [7, 11) is 0. The van der Waals surface area contributed by atoms with Gasteiger partial charge in [0, 0.05) is 45.2 Å². The Morgan fingerprint density at radius 1 is 1.26 bits per heavy atom. The van der Waals surface area contributed by atoms with Gasteiger partial charge in [-0.05, 0) is 25.7 Å². The molecular formula is C14H27N3O2. The molecule has 1 unspecified atom stereocenters. The molecule has 2 N–H and O–H groups in total. The van der Waals surface area contributed by atoms with E-state index in [1.165, 1.54) is 6.54 Å². The molecule has 2 fully saturated rings. The maximum Gasteiger partial charge on any atom is 0.224 e. The summed E-state index contributed by atoms with van der Waals surface area (Å²) in [5.74, 6) is 0.956. The molecular weight excluding hydrogens is 242 g/mol. The van der Waals surface area contributed by atoms with E-state index in [2.05, 4.69) is 4.90 Å². The van der Waals surface area contributed by atoms with Gasteiger partial charge in [-0.1, -0.05) is 0 Å². The van der Waals surface area contributed by atoms with Gasteiger partial charge in [0.25, 0.3) is 0 Å². The molecule has 110 valence electrons. The smallest absolute Gasteiger partial charge is 0.224 e. The molecule has 2 aliphatic rings. The van der Waals surface area contributed by atoms with E-state index < -0.39 is 0 Å². The Labute approximate surface area is 116 Å². The summed E-state index contributed by atoms with van der Waals surface area (Å²) in [5.41, 5.74) is 5.68.